The van der Waals surface area contributed by atoms with Crippen molar-refractivity contribution < 1.29 is 14.2 Å². The lowest BCUT2D eigenvalue weighted by molar-refractivity contribution is 0.386. The van der Waals surface area contributed by atoms with Crippen LogP contribution in [0.4, 0.5) is 0 Å². The second-order valence-corrected chi connectivity index (χ2v) is 4.87. The van der Waals surface area contributed by atoms with E-state index in [0.29, 0.717) is 34.6 Å². The minimum Gasteiger partial charge on any atom is -0.496 e. The van der Waals surface area contributed by atoms with E-state index in [4.69, 9.17) is 25.8 Å². The number of nitrogens with one attached hydrogen (secondary N) is 1. The van der Waals surface area contributed by atoms with Crippen molar-refractivity contribution in [2.24, 2.45) is 0 Å². The molecule has 0 spiro atoms. The molecule has 0 atom stereocenters. The van der Waals surface area contributed by atoms with Gasteiger partial charge in [-0.3, -0.25) is 0 Å². The molecule has 0 unspecified atom stereocenters. The summed E-state index contributed by atoms with van der Waals surface area (Å²) >= 11 is 6.05. The second kappa shape index (κ2) is 7.20. The van der Waals surface area contributed by atoms with Crippen LogP contribution in [0.5, 0.6) is 23.0 Å². The van der Waals surface area contributed by atoms with E-state index in [0.717, 1.165) is 5.56 Å². The van der Waals surface area contributed by atoms with Gasteiger partial charge in [0.05, 0.1) is 14.2 Å². The first-order valence-corrected chi connectivity index (χ1v) is 6.88. The third-order valence-corrected chi connectivity index (χ3v) is 3.18. The minimum atomic E-state index is 0.625. The number of hydrogen-bond acceptors (Lipinski definition) is 4. The summed E-state index contributed by atoms with van der Waals surface area (Å²) in [4.78, 5) is 0. The fraction of sp³-hybridized carbons (Fsp3) is 0.250. The summed E-state index contributed by atoms with van der Waals surface area (Å²) in [6, 6.07) is 11.0. The van der Waals surface area contributed by atoms with E-state index < -0.39 is 0 Å². The Bertz CT molecular complexity index is 594. The minimum absolute atomic E-state index is 0.625. The van der Waals surface area contributed by atoms with Gasteiger partial charge in [-0.15, -0.1) is 0 Å². The van der Waals surface area contributed by atoms with Crippen molar-refractivity contribution in [3.8, 4) is 23.0 Å². The van der Waals surface area contributed by atoms with E-state index in [1.54, 1.807) is 38.5 Å². The van der Waals surface area contributed by atoms with Crippen LogP contribution in [0.2, 0.25) is 5.02 Å². The molecular weight excluding hydrogens is 290 g/mol. The molecule has 2 aromatic rings. The summed E-state index contributed by atoms with van der Waals surface area (Å²) in [5.74, 6) is 2.67. The van der Waals surface area contributed by atoms with E-state index in [1.165, 1.54) is 0 Å². The van der Waals surface area contributed by atoms with Crippen LogP contribution in [-0.4, -0.2) is 21.3 Å². The van der Waals surface area contributed by atoms with Crippen LogP contribution in [0.3, 0.4) is 0 Å². The first-order chi connectivity index (χ1) is 10.2. The number of ether oxygens (including phenoxy) is 3. The van der Waals surface area contributed by atoms with E-state index in [2.05, 4.69) is 5.32 Å². The maximum atomic E-state index is 6.05. The van der Waals surface area contributed by atoms with Gasteiger partial charge in [-0.25, -0.2) is 0 Å². The Morgan fingerprint density at radius 1 is 0.952 bits per heavy atom. The molecule has 0 saturated carbocycles. The molecule has 0 aromatic heterocycles. The van der Waals surface area contributed by atoms with Crippen molar-refractivity contribution in [2.45, 2.75) is 6.54 Å². The zero-order valence-electron chi connectivity index (χ0n) is 12.3. The quantitative estimate of drug-likeness (QED) is 0.879. The zero-order valence-corrected chi connectivity index (χ0v) is 13.0. The summed E-state index contributed by atoms with van der Waals surface area (Å²) < 4.78 is 16.4. The largest absolute Gasteiger partial charge is 0.496 e. The smallest absolute Gasteiger partial charge is 0.134 e. The molecule has 5 heteroatoms. The van der Waals surface area contributed by atoms with E-state index in [1.807, 2.05) is 19.2 Å². The standard InChI is InChI=1S/C16H18ClNO3/c1-18-10-11-4-5-12(17)6-16(11)21-15-8-13(19-2)7-14(9-15)20-3/h4-9,18H,10H2,1-3H3. The summed E-state index contributed by atoms with van der Waals surface area (Å²) in [6.45, 7) is 0.688. The molecule has 0 aliphatic rings. The van der Waals surface area contributed by atoms with Gasteiger partial charge in [-0.05, 0) is 19.2 Å². The van der Waals surface area contributed by atoms with E-state index >= 15 is 0 Å². The molecule has 0 saturated heterocycles. The van der Waals surface area contributed by atoms with E-state index in [9.17, 15) is 0 Å². The SMILES string of the molecule is CNCc1ccc(Cl)cc1Oc1cc(OC)cc(OC)c1. The van der Waals surface area contributed by atoms with Gasteiger partial charge in [-0.1, -0.05) is 17.7 Å². The molecule has 4 nitrogen and oxygen atoms in total. The highest BCUT2D eigenvalue weighted by Gasteiger charge is 2.08. The first-order valence-electron chi connectivity index (χ1n) is 6.50. The monoisotopic (exact) mass is 307 g/mol. The lowest BCUT2D eigenvalue weighted by atomic mass is 10.2. The van der Waals surface area contributed by atoms with Crippen molar-refractivity contribution >= 4 is 11.6 Å². The summed E-state index contributed by atoms with van der Waals surface area (Å²) in [5, 5.41) is 3.73. The van der Waals surface area contributed by atoms with E-state index in [-0.39, 0.29) is 0 Å². The zero-order chi connectivity index (χ0) is 15.2. The number of halogens is 1. The summed E-state index contributed by atoms with van der Waals surface area (Å²) in [7, 11) is 5.09. The molecule has 0 aliphatic heterocycles. The lowest BCUT2D eigenvalue weighted by Crippen LogP contribution is -2.06. The molecular formula is C16H18ClNO3. The number of rotatable bonds is 6. The van der Waals surface area contributed by atoms with Gasteiger partial charge in [0.2, 0.25) is 0 Å². The second-order valence-electron chi connectivity index (χ2n) is 4.43. The molecule has 21 heavy (non-hydrogen) atoms. The number of methoxy groups -OCH3 is 2. The van der Waals surface area contributed by atoms with Crippen molar-refractivity contribution in [1.82, 2.24) is 5.32 Å². The third kappa shape index (κ3) is 4.03. The summed E-state index contributed by atoms with van der Waals surface area (Å²) in [5.41, 5.74) is 1.02. The highest BCUT2D eigenvalue weighted by atomic mass is 35.5. The van der Waals surface area contributed by atoms with Gasteiger partial charge in [0.15, 0.2) is 0 Å². The molecule has 0 bridgehead atoms. The summed E-state index contributed by atoms with van der Waals surface area (Å²) in [6.07, 6.45) is 0. The van der Waals surface area contributed by atoms with Gasteiger partial charge in [0, 0.05) is 35.3 Å². The maximum Gasteiger partial charge on any atom is 0.134 e. The molecule has 0 heterocycles. The average molecular weight is 308 g/mol. The highest BCUT2D eigenvalue weighted by Crippen LogP contribution is 2.33. The van der Waals surface area contributed by atoms with Crippen molar-refractivity contribution in [1.29, 1.82) is 0 Å². The van der Waals surface area contributed by atoms with Gasteiger partial charge >= 0.3 is 0 Å². The Morgan fingerprint density at radius 2 is 1.57 bits per heavy atom. The molecule has 2 aromatic carbocycles. The number of hydrogen-bond donors (Lipinski definition) is 1. The van der Waals surface area contributed by atoms with Crippen LogP contribution < -0.4 is 19.5 Å². The molecule has 0 aliphatic carbocycles. The molecule has 2 rings (SSSR count). The van der Waals surface area contributed by atoms with Crippen LogP contribution >= 0.6 is 11.6 Å². The van der Waals surface area contributed by atoms with Crippen LogP contribution in [0, 0.1) is 0 Å². The molecule has 0 fully saturated rings. The van der Waals surface area contributed by atoms with Crippen LogP contribution in [-0.2, 0) is 6.54 Å². The van der Waals surface area contributed by atoms with Crippen LogP contribution in [0.15, 0.2) is 36.4 Å². The first kappa shape index (κ1) is 15.5. The Kier molecular flexibility index (Phi) is 5.31. The fourth-order valence-corrected chi connectivity index (χ4v) is 2.09. The predicted molar refractivity (Wildman–Crippen MR) is 83.8 cm³/mol. The topological polar surface area (TPSA) is 39.7 Å². The van der Waals surface area contributed by atoms with Crippen molar-refractivity contribution in [3.05, 3.63) is 47.0 Å². The van der Waals surface area contributed by atoms with Gasteiger partial charge in [0.1, 0.15) is 23.0 Å². The molecule has 112 valence electrons. The van der Waals surface area contributed by atoms with Gasteiger partial charge < -0.3 is 19.5 Å². The Morgan fingerprint density at radius 3 is 2.14 bits per heavy atom. The third-order valence-electron chi connectivity index (χ3n) is 2.95. The van der Waals surface area contributed by atoms with Crippen LogP contribution in [0.1, 0.15) is 5.56 Å². The molecule has 0 amide bonds. The van der Waals surface area contributed by atoms with Crippen molar-refractivity contribution in [3.63, 3.8) is 0 Å². The van der Waals surface area contributed by atoms with Gasteiger partial charge in [-0.2, -0.15) is 0 Å². The maximum absolute atomic E-state index is 6.05. The average Bonchev–Trinajstić information content (AvgIpc) is 2.49. The molecule has 1 N–H and O–H groups in total. The normalized spacial score (nSPS) is 10.3. The fourth-order valence-electron chi connectivity index (χ4n) is 1.93. The van der Waals surface area contributed by atoms with Crippen molar-refractivity contribution in [2.75, 3.05) is 21.3 Å². The highest BCUT2D eigenvalue weighted by molar-refractivity contribution is 6.30. The van der Waals surface area contributed by atoms with Gasteiger partial charge in [0.25, 0.3) is 0 Å². The lowest BCUT2D eigenvalue weighted by Gasteiger charge is -2.13. The Hall–Kier alpha value is -1.91. The number of benzene rings is 2. The Balaban J connectivity index is 2.34. The molecule has 0 radical (unpaired) electrons. The predicted octanol–water partition coefficient (Wildman–Crippen LogP) is 3.87. The Labute approximate surface area is 129 Å². The van der Waals surface area contributed by atoms with Crippen LogP contribution in [0.25, 0.3) is 0 Å².